The number of fused-ring (bicyclic) bond motifs is 5. The maximum absolute atomic E-state index is 13.7. The summed E-state index contributed by atoms with van der Waals surface area (Å²) in [4.78, 5) is 18.7. The lowest BCUT2D eigenvalue weighted by Gasteiger charge is -2.25. The SMILES string of the molecule is CC[C@](C)(O)c1cc2n(c(=O)c1COC)Cc1c-2nc2cc3c(cc2c1CC(C)(C)CO)OCO3. The molecule has 2 aliphatic rings. The number of benzene rings is 1. The largest absolute Gasteiger partial charge is 0.454 e. The molecular weight excluding hydrogens is 448 g/mol. The molecule has 5 rings (SSSR count). The number of ether oxygens (including phenoxy) is 3. The Morgan fingerprint density at radius 2 is 1.86 bits per heavy atom. The molecule has 8 heteroatoms. The highest BCUT2D eigenvalue weighted by atomic mass is 16.7. The molecule has 35 heavy (non-hydrogen) atoms. The molecule has 0 bridgehead atoms. The molecular formula is C27H32N2O6. The van der Waals surface area contributed by atoms with Crippen LogP contribution in [0.25, 0.3) is 22.3 Å². The summed E-state index contributed by atoms with van der Waals surface area (Å²) < 4.78 is 18.3. The number of aliphatic hydroxyl groups is 2. The van der Waals surface area contributed by atoms with Gasteiger partial charge in [0.2, 0.25) is 6.79 Å². The lowest BCUT2D eigenvalue weighted by Crippen LogP contribution is -2.31. The number of hydrogen-bond donors (Lipinski definition) is 2. The first-order valence-corrected chi connectivity index (χ1v) is 11.9. The Morgan fingerprint density at radius 3 is 2.51 bits per heavy atom. The van der Waals surface area contributed by atoms with Crippen molar-refractivity contribution < 1.29 is 24.4 Å². The minimum Gasteiger partial charge on any atom is -0.454 e. The van der Waals surface area contributed by atoms with Gasteiger partial charge in [0.1, 0.15) is 0 Å². The molecule has 1 aromatic carbocycles. The predicted octanol–water partition coefficient (Wildman–Crippen LogP) is 3.48. The lowest BCUT2D eigenvalue weighted by molar-refractivity contribution is 0.0495. The minimum atomic E-state index is -1.18. The molecule has 0 saturated heterocycles. The van der Waals surface area contributed by atoms with Crippen LogP contribution in [0.2, 0.25) is 0 Å². The summed E-state index contributed by atoms with van der Waals surface area (Å²) in [5, 5.41) is 22.1. The van der Waals surface area contributed by atoms with E-state index < -0.39 is 5.60 Å². The van der Waals surface area contributed by atoms with Crippen LogP contribution in [-0.4, -0.2) is 40.3 Å². The predicted molar refractivity (Wildman–Crippen MR) is 132 cm³/mol. The first-order chi connectivity index (χ1) is 16.6. The van der Waals surface area contributed by atoms with Crippen LogP contribution in [0.4, 0.5) is 0 Å². The standard InChI is InChI=1S/C27H32N2O6/c1-6-27(4,32)19-8-21-24-17(11-29(21)25(31)18(19)12-33-5)16(10-26(2,3)13-30)15-7-22-23(35-14-34-22)9-20(15)28-24/h7-9,30,32H,6,10-14H2,1-5H3/t27-/m0/s1. The zero-order valence-corrected chi connectivity index (χ0v) is 20.9. The van der Waals surface area contributed by atoms with Crippen molar-refractivity contribution in [3.8, 4) is 22.9 Å². The first-order valence-electron chi connectivity index (χ1n) is 11.9. The molecule has 0 amide bonds. The van der Waals surface area contributed by atoms with E-state index in [-0.39, 0.29) is 31.0 Å². The summed E-state index contributed by atoms with van der Waals surface area (Å²) >= 11 is 0. The average Bonchev–Trinajstić information content (AvgIpc) is 3.43. The van der Waals surface area contributed by atoms with Gasteiger partial charge in [-0.05, 0) is 48.4 Å². The summed E-state index contributed by atoms with van der Waals surface area (Å²) in [5.41, 5.74) is 3.39. The second-order valence-electron chi connectivity index (χ2n) is 10.5. The fourth-order valence-electron chi connectivity index (χ4n) is 5.03. The Hall–Kier alpha value is -2.94. The lowest BCUT2D eigenvalue weighted by atomic mass is 9.83. The van der Waals surface area contributed by atoms with Crippen LogP contribution in [0.1, 0.15) is 56.4 Å². The maximum Gasteiger partial charge on any atom is 0.257 e. The molecule has 0 radical (unpaired) electrons. The van der Waals surface area contributed by atoms with Crippen molar-refractivity contribution in [2.24, 2.45) is 5.41 Å². The molecule has 0 spiro atoms. The molecule has 186 valence electrons. The van der Waals surface area contributed by atoms with Gasteiger partial charge in [0.25, 0.3) is 5.56 Å². The maximum atomic E-state index is 13.7. The third-order valence-electron chi connectivity index (χ3n) is 7.30. The van der Waals surface area contributed by atoms with E-state index in [1.54, 1.807) is 18.6 Å². The third-order valence-corrected chi connectivity index (χ3v) is 7.30. The van der Waals surface area contributed by atoms with Gasteiger partial charge in [-0.2, -0.15) is 0 Å². The van der Waals surface area contributed by atoms with Gasteiger partial charge in [-0.25, -0.2) is 4.98 Å². The number of aromatic nitrogens is 2. The molecule has 4 heterocycles. The van der Waals surface area contributed by atoms with Gasteiger partial charge in [0.15, 0.2) is 11.5 Å². The second-order valence-corrected chi connectivity index (χ2v) is 10.5. The average molecular weight is 481 g/mol. The highest BCUT2D eigenvalue weighted by Gasteiger charge is 2.34. The Labute approximate surface area is 204 Å². The van der Waals surface area contributed by atoms with Crippen molar-refractivity contribution in [3.05, 3.63) is 50.8 Å². The molecule has 1 atom stereocenters. The summed E-state index contributed by atoms with van der Waals surface area (Å²) in [6, 6.07) is 5.71. The Morgan fingerprint density at radius 1 is 1.14 bits per heavy atom. The Balaban J connectivity index is 1.81. The van der Waals surface area contributed by atoms with E-state index in [4.69, 9.17) is 19.2 Å². The molecule has 2 aliphatic heterocycles. The summed E-state index contributed by atoms with van der Waals surface area (Å²) in [6.45, 7) is 8.30. The number of methoxy groups -OCH3 is 1. The van der Waals surface area contributed by atoms with Crippen molar-refractivity contribution in [1.82, 2.24) is 9.55 Å². The van der Waals surface area contributed by atoms with E-state index in [0.29, 0.717) is 53.4 Å². The smallest absolute Gasteiger partial charge is 0.257 e. The van der Waals surface area contributed by atoms with Gasteiger partial charge in [0.05, 0.1) is 35.7 Å². The van der Waals surface area contributed by atoms with Crippen LogP contribution in [0, 0.1) is 5.41 Å². The van der Waals surface area contributed by atoms with Crippen molar-refractivity contribution in [2.75, 3.05) is 20.5 Å². The molecule has 8 nitrogen and oxygen atoms in total. The van der Waals surface area contributed by atoms with E-state index in [9.17, 15) is 15.0 Å². The highest BCUT2D eigenvalue weighted by molar-refractivity contribution is 5.91. The fraction of sp³-hybridized carbons (Fsp3) is 0.481. The van der Waals surface area contributed by atoms with Gasteiger partial charge in [0, 0.05) is 36.3 Å². The second kappa shape index (κ2) is 8.33. The van der Waals surface area contributed by atoms with Crippen LogP contribution in [-0.2, 0) is 29.9 Å². The monoisotopic (exact) mass is 480 g/mol. The summed E-state index contributed by atoms with van der Waals surface area (Å²) in [7, 11) is 1.54. The zero-order valence-electron chi connectivity index (χ0n) is 20.9. The van der Waals surface area contributed by atoms with Crippen molar-refractivity contribution in [2.45, 2.75) is 59.3 Å². The molecule has 2 aromatic heterocycles. The van der Waals surface area contributed by atoms with Crippen molar-refractivity contribution in [3.63, 3.8) is 0 Å². The van der Waals surface area contributed by atoms with Crippen LogP contribution >= 0.6 is 0 Å². The van der Waals surface area contributed by atoms with E-state index in [0.717, 1.165) is 22.0 Å². The van der Waals surface area contributed by atoms with Crippen molar-refractivity contribution >= 4 is 10.9 Å². The van der Waals surface area contributed by atoms with Crippen molar-refractivity contribution in [1.29, 1.82) is 0 Å². The number of hydrogen-bond acceptors (Lipinski definition) is 7. The number of pyridine rings is 2. The van der Waals surface area contributed by atoms with E-state index >= 15 is 0 Å². The van der Waals surface area contributed by atoms with Gasteiger partial charge in [-0.15, -0.1) is 0 Å². The molecule has 3 aromatic rings. The molecule has 0 saturated carbocycles. The molecule has 0 fully saturated rings. The first kappa shape index (κ1) is 23.8. The highest BCUT2D eigenvalue weighted by Crippen LogP contribution is 2.43. The summed E-state index contributed by atoms with van der Waals surface area (Å²) in [6.07, 6.45) is 1.04. The quantitative estimate of drug-likeness (QED) is 0.417. The van der Waals surface area contributed by atoms with Crippen LogP contribution in [0.5, 0.6) is 11.5 Å². The van der Waals surface area contributed by atoms with E-state index in [1.165, 1.54) is 0 Å². The molecule has 2 N–H and O–H groups in total. The Bertz CT molecular complexity index is 1390. The normalized spacial score (nSPS) is 15.9. The zero-order chi connectivity index (χ0) is 25.1. The van der Waals surface area contributed by atoms with Crippen LogP contribution < -0.4 is 15.0 Å². The Kier molecular flexibility index (Phi) is 5.66. The minimum absolute atomic E-state index is 0.0184. The van der Waals surface area contributed by atoms with Gasteiger partial charge < -0.3 is 29.0 Å². The fourth-order valence-corrected chi connectivity index (χ4v) is 5.03. The number of rotatable bonds is 7. The molecule has 0 aliphatic carbocycles. The van der Waals surface area contributed by atoms with Gasteiger partial charge in [-0.3, -0.25) is 4.79 Å². The molecule has 0 unspecified atom stereocenters. The topological polar surface area (TPSA) is 103 Å². The summed E-state index contributed by atoms with van der Waals surface area (Å²) in [5.74, 6) is 1.30. The van der Waals surface area contributed by atoms with E-state index in [2.05, 4.69) is 0 Å². The van der Waals surface area contributed by atoms with Gasteiger partial charge in [-0.1, -0.05) is 20.8 Å². The number of nitrogens with zero attached hydrogens (tertiary/aromatic N) is 2. The third kappa shape index (κ3) is 3.80. The van der Waals surface area contributed by atoms with Gasteiger partial charge >= 0.3 is 0 Å². The van der Waals surface area contributed by atoms with E-state index in [1.807, 2.05) is 39.0 Å². The van der Waals surface area contributed by atoms with Crippen LogP contribution in [0.3, 0.4) is 0 Å². The number of aliphatic hydroxyl groups excluding tert-OH is 1. The van der Waals surface area contributed by atoms with Crippen LogP contribution in [0.15, 0.2) is 23.0 Å².